The van der Waals surface area contributed by atoms with Gasteiger partial charge in [-0.05, 0) is 45.3 Å². The van der Waals surface area contributed by atoms with E-state index < -0.39 is 6.10 Å². The molecule has 0 rings (SSSR count). The van der Waals surface area contributed by atoms with E-state index in [1.165, 1.54) is 12.8 Å². The SMILES string of the molecule is CNC(=N)NCCCCCCN(CCCCCCN)CC(O)CO. The van der Waals surface area contributed by atoms with Gasteiger partial charge in [-0.2, -0.15) is 0 Å². The summed E-state index contributed by atoms with van der Waals surface area (Å²) in [6, 6.07) is 0. The Bertz CT molecular complexity index is 292. The molecule has 0 saturated carbocycles. The van der Waals surface area contributed by atoms with Crippen molar-refractivity contribution in [3.8, 4) is 0 Å². The van der Waals surface area contributed by atoms with Crippen molar-refractivity contribution in [3.05, 3.63) is 0 Å². The van der Waals surface area contributed by atoms with Crippen molar-refractivity contribution >= 4 is 5.96 Å². The van der Waals surface area contributed by atoms with Gasteiger partial charge in [0.2, 0.25) is 0 Å². The van der Waals surface area contributed by atoms with Gasteiger partial charge in [-0.3, -0.25) is 5.41 Å². The number of nitrogens with one attached hydrogen (secondary N) is 3. The Morgan fingerprint density at radius 2 is 1.62 bits per heavy atom. The molecule has 0 aliphatic carbocycles. The largest absolute Gasteiger partial charge is 0.394 e. The van der Waals surface area contributed by atoms with Crippen LogP contribution < -0.4 is 16.4 Å². The number of rotatable bonds is 16. The number of hydrogen-bond acceptors (Lipinski definition) is 5. The summed E-state index contributed by atoms with van der Waals surface area (Å²) in [4.78, 5) is 2.26. The summed E-state index contributed by atoms with van der Waals surface area (Å²) in [5.74, 6) is 0.369. The molecule has 7 nitrogen and oxygen atoms in total. The van der Waals surface area contributed by atoms with E-state index in [2.05, 4.69) is 15.5 Å². The minimum absolute atomic E-state index is 0.174. The molecule has 0 spiro atoms. The first-order chi connectivity index (χ1) is 11.6. The minimum Gasteiger partial charge on any atom is -0.394 e. The number of hydrogen-bond donors (Lipinski definition) is 6. The lowest BCUT2D eigenvalue weighted by Gasteiger charge is -2.24. The fraction of sp³-hybridized carbons (Fsp3) is 0.941. The van der Waals surface area contributed by atoms with E-state index in [0.717, 1.165) is 64.7 Å². The average Bonchev–Trinajstić information content (AvgIpc) is 2.59. The van der Waals surface area contributed by atoms with Crippen LogP contribution in [-0.4, -0.2) is 73.6 Å². The molecule has 0 saturated heterocycles. The number of unbranched alkanes of at least 4 members (excludes halogenated alkanes) is 6. The van der Waals surface area contributed by atoms with Crippen LogP contribution in [0.3, 0.4) is 0 Å². The van der Waals surface area contributed by atoms with Crippen LogP contribution in [0.1, 0.15) is 51.4 Å². The maximum Gasteiger partial charge on any atom is 0.188 e. The molecule has 1 unspecified atom stereocenters. The molecule has 0 aromatic heterocycles. The smallest absolute Gasteiger partial charge is 0.188 e. The fourth-order valence-corrected chi connectivity index (χ4v) is 2.60. The van der Waals surface area contributed by atoms with Crippen molar-refractivity contribution in [2.24, 2.45) is 5.73 Å². The van der Waals surface area contributed by atoms with Gasteiger partial charge in [-0.15, -0.1) is 0 Å². The molecule has 0 aliphatic rings. The number of nitrogens with zero attached hydrogens (tertiary/aromatic N) is 1. The average molecular weight is 346 g/mol. The van der Waals surface area contributed by atoms with Gasteiger partial charge in [0.1, 0.15) is 0 Å². The van der Waals surface area contributed by atoms with E-state index in [9.17, 15) is 5.11 Å². The van der Waals surface area contributed by atoms with E-state index in [0.29, 0.717) is 12.5 Å². The summed E-state index contributed by atoms with van der Waals surface area (Å²) in [6.45, 7) is 3.90. The molecule has 0 aromatic carbocycles. The zero-order valence-electron chi connectivity index (χ0n) is 15.4. The lowest BCUT2D eigenvalue weighted by Crippen LogP contribution is -2.35. The van der Waals surface area contributed by atoms with Gasteiger partial charge in [0.25, 0.3) is 0 Å². The van der Waals surface area contributed by atoms with Crippen LogP contribution in [0.4, 0.5) is 0 Å². The van der Waals surface area contributed by atoms with E-state index in [-0.39, 0.29) is 6.61 Å². The molecule has 0 aliphatic heterocycles. The molecule has 0 heterocycles. The van der Waals surface area contributed by atoms with Gasteiger partial charge < -0.3 is 31.5 Å². The first-order valence-corrected chi connectivity index (χ1v) is 9.35. The monoisotopic (exact) mass is 345 g/mol. The van der Waals surface area contributed by atoms with E-state index >= 15 is 0 Å². The first kappa shape index (κ1) is 23.1. The third-order valence-corrected chi connectivity index (χ3v) is 4.06. The summed E-state index contributed by atoms with van der Waals surface area (Å²) in [5, 5.41) is 31.9. The molecule has 7 heteroatoms. The van der Waals surface area contributed by atoms with Crippen LogP contribution in [-0.2, 0) is 0 Å². The van der Waals surface area contributed by atoms with Crippen molar-refractivity contribution < 1.29 is 10.2 Å². The van der Waals surface area contributed by atoms with Crippen molar-refractivity contribution in [1.82, 2.24) is 15.5 Å². The second kappa shape index (κ2) is 17.0. The zero-order chi connectivity index (χ0) is 18.0. The predicted octanol–water partition coefficient (Wildman–Crippen LogP) is 0.465. The summed E-state index contributed by atoms with van der Waals surface area (Å²) in [7, 11) is 1.74. The first-order valence-electron chi connectivity index (χ1n) is 9.35. The van der Waals surface area contributed by atoms with Crippen LogP contribution >= 0.6 is 0 Å². The highest BCUT2D eigenvalue weighted by molar-refractivity contribution is 5.75. The van der Waals surface area contributed by atoms with Crippen molar-refractivity contribution in [2.75, 3.05) is 46.4 Å². The standard InChI is InChI=1S/C17H39N5O2/c1-20-17(19)21-11-7-3-5-9-13-22(14-16(24)15-23)12-8-4-2-6-10-18/h16,23-24H,2-15,18H2,1H3,(H3,19,20,21). The molecule has 0 radical (unpaired) electrons. The highest BCUT2D eigenvalue weighted by Crippen LogP contribution is 2.06. The topological polar surface area (TPSA) is 118 Å². The summed E-state index contributed by atoms with van der Waals surface area (Å²) in [6.07, 6.45) is 8.34. The van der Waals surface area contributed by atoms with Crippen LogP contribution in [0.5, 0.6) is 0 Å². The van der Waals surface area contributed by atoms with Crippen LogP contribution in [0.15, 0.2) is 0 Å². The van der Waals surface area contributed by atoms with E-state index in [1.807, 2.05) is 0 Å². The van der Waals surface area contributed by atoms with Crippen molar-refractivity contribution in [2.45, 2.75) is 57.5 Å². The molecular formula is C17H39N5O2. The third-order valence-electron chi connectivity index (χ3n) is 4.06. The summed E-state index contributed by atoms with van der Waals surface area (Å²) >= 11 is 0. The van der Waals surface area contributed by atoms with E-state index in [4.69, 9.17) is 16.2 Å². The Hall–Kier alpha value is -0.890. The Labute approximate surface area is 147 Å². The highest BCUT2D eigenvalue weighted by atomic mass is 16.3. The van der Waals surface area contributed by atoms with Gasteiger partial charge >= 0.3 is 0 Å². The lowest BCUT2D eigenvalue weighted by molar-refractivity contribution is 0.0579. The molecule has 0 aromatic rings. The quantitative estimate of drug-likeness (QED) is 0.137. The van der Waals surface area contributed by atoms with Gasteiger partial charge in [0, 0.05) is 20.1 Å². The second-order valence-corrected chi connectivity index (χ2v) is 6.31. The fourth-order valence-electron chi connectivity index (χ4n) is 2.60. The maximum atomic E-state index is 9.67. The highest BCUT2D eigenvalue weighted by Gasteiger charge is 2.10. The Kier molecular flexibility index (Phi) is 16.3. The molecule has 1 atom stereocenters. The minimum atomic E-state index is -0.647. The zero-order valence-corrected chi connectivity index (χ0v) is 15.4. The van der Waals surface area contributed by atoms with Crippen LogP contribution in [0, 0.1) is 5.41 Å². The number of aliphatic hydroxyl groups excluding tert-OH is 2. The molecule has 7 N–H and O–H groups in total. The summed E-state index contributed by atoms with van der Waals surface area (Å²) < 4.78 is 0. The van der Waals surface area contributed by atoms with Crippen LogP contribution in [0.2, 0.25) is 0 Å². The molecular weight excluding hydrogens is 306 g/mol. The van der Waals surface area contributed by atoms with Crippen molar-refractivity contribution in [3.63, 3.8) is 0 Å². The number of guanidine groups is 1. The van der Waals surface area contributed by atoms with Gasteiger partial charge in [-0.25, -0.2) is 0 Å². The predicted molar refractivity (Wildman–Crippen MR) is 100 cm³/mol. The van der Waals surface area contributed by atoms with Gasteiger partial charge in [0.15, 0.2) is 5.96 Å². The van der Waals surface area contributed by atoms with E-state index in [1.54, 1.807) is 7.05 Å². The normalized spacial score (nSPS) is 12.4. The number of aliphatic hydroxyl groups is 2. The Morgan fingerprint density at radius 1 is 1.04 bits per heavy atom. The Balaban J connectivity index is 3.76. The Morgan fingerprint density at radius 3 is 2.17 bits per heavy atom. The number of nitrogens with two attached hydrogens (primary N) is 1. The molecule has 0 fully saturated rings. The molecule has 24 heavy (non-hydrogen) atoms. The second-order valence-electron chi connectivity index (χ2n) is 6.31. The van der Waals surface area contributed by atoms with Gasteiger partial charge in [-0.1, -0.05) is 25.7 Å². The lowest BCUT2D eigenvalue weighted by atomic mass is 10.1. The van der Waals surface area contributed by atoms with Crippen molar-refractivity contribution in [1.29, 1.82) is 5.41 Å². The molecule has 0 bridgehead atoms. The molecule has 144 valence electrons. The maximum absolute atomic E-state index is 9.67. The molecule has 0 amide bonds. The summed E-state index contributed by atoms with van der Waals surface area (Å²) in [5.41, 5.74) is 5.50. The van der Waals surface area contributed by atoms with Crippen LogP contribution in [0.25, 0.3) is 0 Å². The van der Waals surface area contributed by atoms with Gasteiger partial charge in [0.05, 0.1) is 12.7 Å². The third kappa shape index (κ3) is 14.7.